The van der Waals surface area contributed by atoms with E-state index in [-0.39, 0.29) is 0 Å². The van der Waals surface area contributed by atoms with E-state index >= 15 is 0 Å². The van der Waals surface area contributed by atoms with Crippen LogP contribution < -0.4 is 0 Å². The van der Waals surface area contributed by atoms with Crippen molar-refractivity contribution in [2.45, 2.75) is 20.3 Å². The van der Waals surface area contributed by atoms with Crippen LogP contribution in [-0.2, 0) is 13.5 Å². The molecule has 0 atom stereocenters. The molecule has 0 N–H and O–H groups in total. The molecule has 10 heteroatoms. The van der Waals surface area contributed by atoms with Gasteiger partial charge in [-0.25, -0.2) is 0 Å². The van der Waals surface area contributed by atoms with Crippen LogP contribution in [0.1, 0.15) is 22.0 Å². The van der Waals surface area contributed by atoms with Gasteiger partial charge in [-0.3, -0.25) is 4.68 Å². The predicted octanol–water partition coefficient (Wildman–Crippen LogP) is 2.44. The molecule has 4 aromatic heterocycles. The molecular formula is C13H12ClN7OS. The van der Waals surface area contributed by atoms with Crippen molar-refractivity contribution < 1.29 is 4.52 Å². The van der Waals surface area contributed by atoms with Crippen molar-refractivity contribution in [1.29, 1.82) is 0 Å². The summed E-state index contributed by atoms with van der Waals surface area (Å²) in [6, 6.07) is 0. The van der Waals surface area contributed by atoms with Crippen LogP contribution in [0, 0.1) is 13.8 Å². The van der Waals surface area contributed by atoms with Crippen LogP contribution in [0.5, 0.6) is 0 Å². The van der Waals surface area contributed by atoms with Gasteiger partial charge in [-0.2, -0.15) is 14.7 Å². The highest BCUT2D eigenvalue weighted by molar-refractivity contribution is 7.16. The molecular weight excluding hydrogens is 338 g/mol. The molecule has 0 amide bonds. The van der Waals surface area contributed by atoms with Crippen molar-refractivity contribution in [2.75, 3.05) is 0 Å². The molecule has 118 valence electrons. The molecule has 4 rings (SSSR count). The van der Waals surface area contributed by atoms with Crippen LogP contribution >= 0.6 is 22.9 Å². The van der Waals surface area contributed by atoms with Crippen LogP contribution in [-0.4, -0.2) is 34.7 Å². The Morgan fingerprint density at radius 3 is 2.78 bits per heavy atom. The first kappa shape index (κ1) is 14.3. The van der Waals surface area contributed by atoms with Gasteiger partial charge in [0.05, 0.1) is 16.9 Å². The molecule has 4 heterocycles. The number of rotatable bonds is 3. The molecule has 23 heavy (non-hydrogen) atoms. The lowest BCUT2D eigenvalue weighted by Crippen LogP contribution is -2.00. The Bertz CT molecular complexity index is 972. The Hall–Kier alpha value is -2.26. The van der Waals surface area contributed by atoms with Gasteiger partial charge in [-0.05, 0) is 13.8 Å². The van der Waals surface area contributed by atoms with E-state index < -0.39 is 0 Å². The zero-order valence-electron chi connectivity index (χ0n) is 12.6. The lowest BCUT2D eigenvalue weighted by Gasteiger charge is -1.98. The minimum absolute atomic E-state index is 0.516. The summed E-state index contributed by atoms with van der Waals surface area (Å²) in [6.07, 6.45) is 2.23. The second kappa shape index (κ2) is 5.14. The smallest absolute Gasteiger partial charge is 0.235 e. The van der Waals surface area contributed by atoms with E-state index in [9.17, 15) is 0 Å². The average molecular weight is 350 g/mol. The lowest BCUT2D eigenvalue weighted by atomic mass is 10.1. The monoisotopic (exact) mass is 349 g/mol. The number of hydrogen-bond donors (Lipinski definition) is 0. The van der Waals surface area contributed by atoms with Crippen molar-refractivity contribution in [1.82, 2.24) is 34.7 Å². The normalized spacial score (nSPS) is 11.7. The van der Waals surface area contributed by atoms with Crippen molar-refractivity contribution in [3.05, 3.63) is 33.2 Å². The van der Waals surface area contributed by atoms with Crippen LogP contribution in [0.3, 0.4) is 0 Å². The zero-order chi connectivity index (χ0) is 16.1. The molecule has 8 nitrogen and oxygen atoms in total. The maximum absolute atomic E-state index is 6.19. The number of fused-ring (bicyclic) bond motifs is 1. The summed E-state index contributed by atoms with van der Waals surface area (Å²) in [5, 5.41) is 22.5. The van der Waals surface area contributed by atoms with Crippen molar-refractivity contribution in [2.24, 2.45) is 7.05 Å². The summed E-state index contributed by atoms with van der Waals surface area (Å²) in [7, 11) is 1.80. The Balaban J connectivity index is 1.78. The maximum atomic E-state index is 6.19. The topological polar surface area (TPSA) is 86.9 Å². The quantitative estimate of drug-likeness (QED) is 0.564. The van der Waals surface area contributed by atoms with Gasteiger partial charge in [-0.1, -0.05) is 28.1 Å². The van der Waals surface area contributed by atoms with Gasteiger partial charge in [0.1, 0.15) is 16.5 Å². The molecule has 0 unspecified atom stereocenters. The second-order valence-corrected chi connectivity index (χ2v) is 6.61. The van der Waals surface area contributed by atoms with Crippen LogP contribution in [0.25, 0.3) is 16.5 Å². The van der Waals surface area contributed by atoms with Crippen LogP contribution in [0.4, 0.5) is 0 Å². The summed E-state index contributed by atoms with van der Waals surface area (Å²) in [4.78, 5) is 0.707. The molecule has 0 bridgehead atoms. The Morgan fingerprint density at radius 1 is 1.30 bits per heavy atom. The number of aryl methyl sites for hydroxylation is 3. The summed E-state index contributed by atoms with van der Waals surface area (Å²) in [6.45, 7) is 3.82. The van der Waals surface area contributed by atoms with Gasteiger partial charge in [0.15, 0.2) is 0 Å². The first-order chi connectivity index (χ1) is 11.0. The highest BCUT2D eigenvalue weighted by Gasteiger charge is 2.20. The van der Waals surface area contributed by atoms with Gasteiger partial charge >= 0.3 is 0 Å². The number of nitrogens with zero attached hydrogens (tertiary/aromatic N) is 7. The molecule has 4 aromatic rings. The molecule has 0 saturated carbocycles. The Kier molecular flexibility index (Phi) is 3.20. The Morgan fingerprint density at radius 2 is 2.13 bits per heavy atom. The average Bonchev–Trinajstić information content (AvgIpc) is 3.23. The molecule has 0 aliphatic carbocycles. The van der Waals surface area contributed by atoms with Crippen molar-refractivity contribution >= 4 is 27.9 Å². The van der Waals surface area contributed by atoms with E-state index in [2.05, 4.69) is 25.6 Å². The highest BCUT2D eigenvalue weighted by atomic mass is 35.5. The van der Waals surface area contributed by atoms with Gasteiger partial charge < -0.3 is 4.52 Å². The fourth-order valence-electron chi connectivity index (χ4n) is 2.44. The third-order valence-electron chi connectivity index (χ3n) is 3.65. The van der Waals surface area contributed by atoms with E-state index in [1.54, 1.807) is 22.4 Å². The standard InChI is InChI=1S/C13H12ClN7OS/c1-6-8(7(2)22-19-6)4-10-18-21-12(16-17-13(21)23-10)11-9(14)5-15-20(11)3/h5H,4H2,1-3H3. The summed E-state index contributed by atoms with van der Waals surface area (Å²) >= 11 is 7.67. The number of halogens is 1. The second-order valence-electron chi connectivity index (χ2n) is 5.16. The minimum Gasteiger partial charge on any atom is -0.361 e. The Labute approximate surface area is 139 Å². The maximum Gasteiger partial charge on any atom is 0.235 e. The molecule has 0 radical (unpaired) electrons. The first-order valence-electron chi connectivity index (χ1n) is 6.85. The first-order valence-corrected chi connectivity index (χ1v) is 8.04. The molecule has 0 aromatic carbocycles. The van der Waals surface area contributed by atoms with Gasteiger partial charge in [0, 0.05) is 19.0 Å². The van der Waals surface area contributed by atoms with Gasteiger partial charge in [-0.15, -0.1) is 10.2 Å². The predicted molar refractivity (Wildman–Crippen MR) is 84.7 cm³/mol. The third-order valence-corrected chi connectivity index (χ3v) is 4.82. The lowest BCUT2D eigenvalue weighted by molar-refractivity contribution is 0.392. The van der Waals surface area contributed by atoms with Crippen LogP contribution in [0.15, 0.2) is 10.7 Å². The van der Waals surface area contributed by atoms with Crippen LogP contribution in [0.2, 0.25) is 5.02 Å². The van der Waals surface area contributed by atoms with E-state index in [0.29, 0.717) is 27.9 Å². The fraction of sp³-hybridized carbons (Fsp3) is 0.308. The summed E-state index contributed by atoms with van der Waals surface area (Å²) in [5.41, 5.74) is 2.62. The van der Waals surface area contributed by atoms with Gasteiger partial charge in [0.25, 0.3) is 0 Å². The molecule has 0 spiro atoms. The zero-order valence-corrected chi connectivity index (χ0v) is 14.2. The van der Waals surface area contributed by atoms with E-state index in [1.807, 2.05) is 13.8 Å². The van der Waals surface area contributed by atoms with E-state index in [4.69, 9.17) is 16.1 Å². The molecule has 0 aliphatic heterocycles. The van der Waals surface area contributed by atoms with Crippen molar-refractivity contribution in [3.63, 3.8) is 0 Å². The van der Waals surface area contributed by atoms with E-state index in [0.717, 1.165) is 22.0 Å². The highest BCUT2D eigenvalue weighted by Crippen LogP contribution is 2.28. The minimum atomic E-state index is 0.516. The molecule has 0 saturated heterocycles. The summed E-state index contributed by atoms with van der Waals surface area (Å²) in [5.74, 6) is 1.38. The number of hydrogen-bond acceptors (Lipinski definition) is 7. The van der Waals surface area contributed by atoms with E-state index in [1.165, 1.54) is 11.3 Å². The van der Waals surface area contributed by atoms with Gasteiger partial charge in [0.2, 0.25) is 10.8 Å². The van der Waals surface area contributed by atoms with Crippen molar-refractivity contribution in [3.8, 4) is 11.5 Å². The largest absolute Gasteiger partial charge is 0.361 e. The third kappa shape index (κ3) is 2.23. The fourth-order valence-corrected chi connectivity index (χ4v) is 3.54. The SMILES string of the molecule is Cc1noc(C)c1Cc1nn2c(-c3c(Cl)cnn3C)nnc2s1. The molecule has 0 aliphatic rings. The summed E-state index contributed by atoms with van der Waals surface area (Å²) < 4.78 is 8.55. The number of aromatic nitrogens is 7. The molecule has 0 fully saturated rings.